The van der Waals surface area contributed by atoms with Crippen LogP contribution in [0.4, 0.5) is 0 Å². The van der Waals surface area contributed by atoms with Crippen molar-refractivity contribution < 1.29 is 37.0 Å². The fourth-order valence-corrected chi connectivity index (χ4v) is 4.21. The standard InChI is InChI=1S/C28H29NO8S/c1-35-28(32)25(15-16-38(2,33)34)29-27(31)23-14-13-22(17-24(23)21-11-7-4-8-12-21)36-19-26(30)37-18-20-9-5-3-6-10-20/h3-14,17,25H,15-16,18-19H2,1-2H3,(H,29,31). The molecule has 0 aliphatic heterocycles. The summed E-state index contributed by atoms with van der Waals surface area (Å²) in [5, 5.41) is 2.58. The number of esters is 2. The van der Waals surface area contributed by atoms with E-state index in [0.717, 1.165) is 18.9 Å². The average Bonchev–Trinajstić information content (AvgIpc) is 2.92. The van der Waals surface area contributed by atoms with E-state index in [4.69, 9.17) is 14.2 Å². The van der Waals surface area contributed by atoms with Crippen LogP contribution in [0.15, 0.2) is 78.9 Å². The fraction of sp³-hybridized carbons (Fsp3) is 0.250. The number of carbonyl (C=O) groups is 3. The lowest BCUT2D eigenvalue weighted by molar-refractivity contribution is -0.147. The molecule has 0 heterocycles. The van der Waals surface area contributed by atoms with E-state index >= 15 is 0 Å². The summed E-state index contributed by atoms with van der Waals surface area (Å²) in [5.74, 6) is -1.87. The molecule has 1 unspecified atom stereocenters. The van der Waals surface area contributed by atoms with Crippen molar-refractivity contribution in [2.45, 2.75) is 19.1 Å². The van der Waals surface area contributed by atoms with Crippen LogP contribution in [-0.4, -0.2) is 58.0 Å². The Hall–Kier alpha value is -4.18. The Bertz CT molecular complexity index is 1360. The quantitative estimate of drug-likeness (QED) is 0.348. The minimum atomic E-state index is -3.37. The molecule has 0 bridgehead atoms. The van der Waals surface area contributed by atoms with Crippen molar-refractivity contribution in [3.8, 4) is 16.9 Å². The van der Waals surface area contributed by atoms with Crippen LogP contribution in [0.3, 0.4) is 0 Å². The van der Waals surface area contributed by atoms with Gasteiger partial charge in [-0.05, 0) is 41.3 Å². The lowest BCUT2D eigenvalue weighted by atomic mass is 9.98. The van der Waals surface area contributed by atoms with Gasteiger partial charge in [0, 0.05) is 11.8 Å². The smallest absolute Gasteiger partial charge is 0.344 e. The van der Waals surface area contributed by atoms with E-state index in [1.165, 1.54) is 12.1 Å². The molecular weight excluding hydrogens is 510 g/mol. The second-order valence-electron chi connectivity index (χ2n) is 8.48. The van der Waals surface area contributed by atoms with Crippen molar-refractivity contribution in [3.05, 3.63) is 90.0 Å². The zero-order valence-corrected chi connectivity index (χ0v) is 21.9. The number of benzene rings is 3. The van der Waals surface area contributed by atoms with Crippen molar-refractivity contribution in [1.29, 1.82) is 0 Å². The molecule has 3 aromatic carbocycles. The van der Waals surface area contributed by atoms with Gasteiger partial charge < -0.3 is 19.5 Å². The Balaban J connectivity index is 1.76. The Kier molecular flexibility index (Phi) is 10.0. The minimum Gasteiger partial charge on any atom is -0.482 e. The maximum atomic E-state index is 13.2. The van der Waals surface area contributed by atoms with Gasteiger partial charge in [0.2, 0.25) is 0 Å². The zero-order chi connectivity index (χ0) is 27.5. The molecule has 38 heavy (non-hydrogen) atoms. The van der Waals surface area contributed by atoms with Gasteiger partial charge in [-0.2, -0.15) is 0 Å². The summed E-state index contributed by atoms with van der Waals surface area (Å²) in [7, 11) is -2.20. The summed E-state index contributed by atoms with van der Waals surface area (Å²) in [6.45, 7) is -0.208. The number of hydrogen-bond acceptors (Lipinski definition) is 8. The van der Waals surface area contributed by atoms with E-state index in [0.29, 0.717) is 16.9 Å². The Morgan fingerprint density at radius 1 is 0.921 bits per heavy atom. The maximum absolute atomic E-state index is 13.2. The maximum Gasteiger partial charge on any atom is 0.344 e. The minimum absolute atomic E-state index is 0.123. The largest absolute Gasteiger partial charge is 0.482 e. The van der Waals surface area contributed by atoms with Gasteiger partial charge in [0.15, 0.2) is 6.61 Å². The highest BCUT2D eigenvalue weighted by Gasteiger charge is 2.25. The third-order valence-corrected chi connectivity index (χ3v) is 6.47. The van der Waals surface area contributed by atoms with E-state index in [9.17, 15) is 22.8 Å². The first-order valence-corrected chi connectivity index (χ1v) is 13.8. The summed E-state index contributed by atoms with van der Waals surface area (Å²) < 4.78 is 38.8. The molecule has 0 aromatic heterocycles. The first-order valence-electron chi connectivity index (χ1n) is 11.7. The SMILES string of the molecule is COC(=O)C(CCS(C)(=O)=O)NC(=O)c1ccc(OCC(=O)OCc2ccccc2)cc1-c1ccccc1. The van der Waals surface area contributed by atoms with E-state index in [1.807, 2.05) is 36.4 Å². The first-order chi connectivity index (χ1) is 18.2. The number of rotatable bonds is 12. The summed E-state index contributed by atoms with van der Waals surface area (Å²) in [6, 6.07) is 21.8. The Morgan fingerprint density at radius 2 is 1.58 bits per heavy atom. The van der Waals surface area contributed by atoms with Crippen LogP contribution in [0.25, 0.3) is 11.1 Å². The Morgan fingerprint density at radius 3 is 2.21 bits per heavy atom. The lowest BCUT2D eigenvalue weighted by Gasteiger charge is -2.18. The van der Waals surface area contributed by atoms with Crippen molar-refractivity contribution in [2.75, 3.05) is 25.7 Å². The first kappa shape index (κ1) is 28.4. The van der Waals surface area contributed by atoms with Gasteiger partial charge >= 0.3 is 11.9 Å². The molecule has 0 saturated carbocycles. The lowest BCUT2D eigenvalue weighted by Crippen LogP contribution is -2.42. The van der Waals surface area contributed by atoms with Gasteiger partial charge in [0.1, 0.15) is 28.2 Å². The summed E-state index contributed by atoms with van der Waals surface area (Å²) in [4.78, 5) is 37.6. The van der Waals surface area contributed by atoms with E-state index in [1.54, 1.807) is 30.3 Å². The van der Waals surface area contributed by atoms with Crippen molar-refractivity contribution in [1.82, 2.24) is 5.32 Å². The van der Waals surface area contributed by atoms with Crippen LogP contribution in [-0.2, 0) is 35.5 Å². The molecule has 3 rings (SSSR count). The van der Waals surface area contributed by atoms with E-state index < -0.39 is 33.7 Å². The van der Waals surface area contributed by atoms with Crippen LogP contribution in [0.1, 0.15) is 22.3 Å². The molecule has 0 fully saturated rings. The molecule has 0 aliphatic carbocycles. The van der Waals surface area contributed by atoms with Gasteiger partial charge in [-0.3, -0.25) is 4.79 Å². The highest BCUT2D eigenvalue weighted by Crippen LogP contribution is 2.28. The molecule has 0 aliphatic rings. The predicted molar refractivity (Wildman–Crippen MR) is 141 cm³/mol. The molecule has 0 radical (unpaired) electrons. The summed E-state index contributed by atoms with van der Waals surface area (Å²) in [6.07, 6.45) is 0.914. The summed E-state index contributed by atoms with van der Waals surface area (Å²) >= 11 is 0. The van der Waals surface area contributed by atoms with Crippen LogP contribution in [0.5, 0.6) is 5.75 Å². The van der Waals surface area contributed by atoms with Crippen LogP contribution in [0.2, 0.25) is 0 Å². The number of methoxy groups -OCH3 is 1. The van der Waals surface area contributed by atoms with Gasteiger partial charge in [0.25, 0.3) is 5.91 Å². The molecule has 0 saturated heterocycles. The van der Waals surface area contributed by atoms with E-state index in [-0.39, 0.29) is 31.0 Å². The van der Waals surface area contributed by atoms with Crippen molar-refractivity contribution >= 4 is 27.7 Å². The normalized spacial score (nSPS) is 11.7. The zero-order valence-electron chi connectivity index (χ0n) is 21.1. The molecule has 3 aromatic rings. The fourth-order valence-electron chi connectivity index (χ4n) is 3.55. The van der Waals surface area contributed by atoms with E-state index in [2.05, 4.69) is 5.32 Å². The number of nitrogens with one attached hydrogen (secondary N) is 1. The number of sulfone groups is 1. The van der Waals surface area contributed by atoms with Gasteiger partial charge in [-0.1, -0.05) is 60.7 Å². The van der Waals surface area contributed by atoms with Gasteiger partial charge in [-0.15, -0.1) is 0 Å². The van der Waals surface area contributed by atoms with Crippen LogP contribution < -0.4 is 10.1 Å². The predicted octanol–water partition coefficient (Wildman–Crippen LogP) is 3.18. The molecule has 200 valence electrons. The third kappa shape index (κ3) is 8.74. The molecule has 0 spiro atoms. The monoisotopic (exact) mass is 539 g/mol. The third-order valence-electron chi connectivity index (χ3n) is 5.49. The second kappa shape index (κ2) is 13.4. The molecule has 9 nitrogen and oxygen atoms in total. The van der Waals surface area contributed by atoms with Gasteiger partial charge in [-0.25, -0.2) is 18.0 Å². The molecular formula is C28H29NO8S. The molecule has 10 heteroatoms. The number of ether oxygens (including phenoxy) is 3. The highest BCUT2D eigenvalue weighted by molar-refractivity contribution is 7.90. The van der Waals surface area contributed by atoms with Crippen LogP contribution >= 0.6 is 0 Å². The van der Waals surface area contributed by atoms with Crippen LogP contribution in [0, 0.1) is 0 Å². The number of carbonyl (C=O) groups excluding carboxylic acids is 3. The number of amides is 1. The molecule has 1 atom stereocenters. The topological polar surface area (TPSA) is 125 Å². The van der Waals surface area contributed by atoms with Crippen molar-refractivity contribution in [3.63, 3.8) is 0 Å². The highest BCUT2D eigenvalue weighted by atomic mass is 32.2. The van der Waals surface area contributed by atoms with Crippen molar-refractivity contribution in [2.24, 2.45) is 0 Å². The molecule has 1 N–H and O–H groups in total. The Labute approximate surface area is 221 Å². The summed E-state index contributed by atoms with van der Waals surface area (Å²) in [5.41, 5.74) is 2.26. The molecule has 1 amide bonds. The number of hydrogen-bond donors (Lipinski definition) is 1. The average molecular weight is 540 g/mol. The second-order valence-corrected chi connectivity index (χ2v) is 10.7. The van der Waals surface area contributed by atoms with Gasteiger partial charge in [0.05, 0.1) is 12.9 Å².